The van der Waals surface area contributed by atoms with Crippen molar-refractivity contribution in [2.24, 2.45) is 0 Å². The Balaban J connectivity index is 2.17. The van der Waals surface area contributed by atoms with Crippen LogP contribution in [0.3, 0.4) is 0 Å². The van der Waals surface area contributed by atoms with Crippen LogP contribution in [-0.4, -0.2) is 28.3 Å². The quantitative estimate of drug-likeness (QED) is 0.414. The molecule has 1 aromatic rings. The number of H-pyrrole nitrogens is 1. The zero-order chi connectivity index (χ0) is 9.52. The molecule has 0 saturated carbocycles. The Hall–Kier alpha value is -0.740. The summed E-state index contributed by atoms with van der Waals surface area (Å²) in [7, 11) is 0. The molecule has 0 amide bonds. The molecule has 0 fully saturated rings. The Kier molecular flexibility index (Phi) is 4.64. The van der Waals surface area contributed by atoms with Crippen molar-refractivity contribution in [1.29, 1.82) is 0 Å². The highest BCUT2D eigenvalue weighted by Crippen LogP contribution is 2.17. The van der Waals surface area contributed by atoms with Gasteiger partial charge in [-0.05, 0) is 0 Å². The molecule has 0 aliphatic carbocycles. The van der Waals surface area contributed by atoms with Crippen LogP contribution in [-0.2, 0) is 0 Å². The zero-order valence-electron chi connectivity index (χ0n) is 7.79. The number of aromatic nitrogens is 2. The summed E-state index contributed by atoms with van der Waals surface area (Å²) >= 11 is 1.74. The van der Waals surface area contributed by atoms with Gasteiger partial charge in [0.1, 0.15) is 0 Å². The summed E-state index contributed by atoms with van der Waals surface area (Å²) in [6.45, 7) is 7.65. The summed E-state index contributed by atoms with van der Waals surface area (Å²) in [6.07, 6.45) is 5.47. The van der Waals surface area contributed by atoms with Gasteiger partial charge in [-0.15, -0.1) is 6.58 Å². The van der Waals surface area contributed by atoms with Gasteiger partial charge >= 0.3 is 0 Å². The van der Waals surface area contributed by atoms with Gasteiger partial charge in [0.2, 0.25) is 0 Å². The number of rotatable bonds is 6. The molecular weight excluding hydrogens is 182 g/mol. The summed E-state index contributed by atoms with van der Waals surface area (Å²) in [5.74, 6) is 0. The molecule has 13 heavy (non-hydrogen) atoms. The fraction of sp³-hybridized carbons (Fsp3) is 0.444. The van der Waals surface area contributed by atoms with E-state index < -0.39 is 0 Å². The Labute approximate surface area is 83.0 Å². The highest BCUT2D eigenvalue weighted by Gasteiger charge is 2.04. The Morgan fingerprint density at radius 1 is 1.85 bits per heavy atom. The Morgan fingerprint density at radius 2 is 2.69 bits per heavy atom. The number of nitrogens with zero attached hydrogens (tertiary/aromatic N) is 1. The predicted molar refractivity (Wildman–Crippen MR) is 57.0 cm³/mol. The van der Waals surface area contributed by atoms with Crippen LogP contribution in [0.4, 0.5) is 0 Å². The van der Waals surface area contributed by atoms with E-state index in [0.717, 1.165) is 18.2 Å². The first kappa shape index (κ1) is 10.3. The normalized spacial score (nSPS) is 12.7. The average Bonchev–Trinajstić information content (AvgIpc) is 2.57. The van der Waals surface area contributed by atoms with E-state index in [4.69, 9.17) is 0 Å². The predicted octanol–water partition coefficient (Wildman–Crippen LogP) is 1.67. The van der Waals surface area contributed by atoms with Gasteiger partial charge in [-0.2, -0.15) is 0 Å². The average molecular weight is 197 g/mol. The maximum Gasteiger partial charge on any atom is 0.165 e. The monoisotopic (exact) mass is 197 g/mol. The van der Waals surface area contributed by atoms with E-state index >= 15 is 0 Å². The SMILES string of the molecule is C=CCNCC(C)Sc1ncc[nH]1. The van der Waals surface area contributed by atoms with Crippen LogP contribution in [0.25, 0.3) is 0 Å². The molecule has 2 N–H and O–H groups in total. The molecule has 0 bridgehead atoms. The van der Waals surface area contributed by atoms with E-state index in [2.05, 4.69) is 28.8 Å². The van der Waals surface area contributed by atoms with E-state index in [-0.39, 0.29) is 0 Å². The van der Waals surface area contributed by atoms with Crippen LogP contribution in [0.1, 0.15) is 6.92 Å². The van der Waals surface area contributed by atoms with Crippen molar-refractivity contribution in [3.63, 3.8) is 0 Å². The number of nitrogens with one attached hydrogen (secondary N) is 2. The molecule has 1 unspecified atom stereocenters. The lowest BCUT2D eigenvalue weighted by molar-refractivity contribution is 0.738. The summed E-state index contributed by atoms with van der Waals surface area (Å²) in [4.78, 5) is 7.21. The molecule has 0 saturated heterocycles. The lowest BCUT2D eigenvalue weighted by Gasteiger charge is -2.08. The van der Waals surface area contributed by atoms with Gasteiger partial charge < -0.3 is 10.3 Å². The first-order chi connectivity index (χ1) is 6.33. The van der Waals surface area contributed by atoms with Crippen LogP contribution in [0.15, 0.2) is 30.2 Å². The Morgan fingerprint density at radius 3 is 3.31 bits per heavy atom. The summed E-state index contributed by atoms with van der Waals surface area (Å²) < 4.78 is 0. The van der Waals surface area contributed by atoms with Gasteiger partial charge in [-0.25, -0.2) is 4.98 Å². The first-order valence-electron chi connectivity index (χ1n) is 4.30. The van der Waals surface area contributed by atoms with Crippen LogP contribution in [0.2, 0.25) is 0 Å². The van der Waals surface area contributed by atoms with Crippen molar-refractivity contribution >= 4 is 11.8 Å². The molecule has 0 aliphatic rings. The topological polar surface area (TPSA) is 40.7 Å². The van der Waals surface area contributed by atoms with Crippen LogP contribution < -0.4 is 5.32 Å². The largest absolute Gasteiger partial charge is 0.340 e. The minimum Gasteiger partial charge on any atom is -0.340 e. The standard InChI is InChI=1S/C9H15N3S/c1-3-4-10-7-8(2)13-9-11-5-6-12-9/h3,5-6,8,10H,1,4,7H2,2H3,(H,11,12). The van der Waals surface area contributed by atoms with Crippen molar-refractivity contribution in [1.82, 2.24) is 15.3 Å². The maximum atomic E-state index is 4.14. The minimum absolute atomic E-state index is 0.520. The fourth-order valence-electron chi connectivity index (χ4n) is 0.936. The van der Waals surface area contributed by atoms with Crippen molar-refractivity contribution in [2.45, 2.75) is 17.3 Å². The van der Waals surface area contributed by atoms with E-state index in [1.807, 2.05) is 12.3 Å². The summed E-state index contributed by atoms with van der Waals surface area (Å²) in [6, 6.07) is 0. The van der Waals surface area contributed by atoms with Crippen molar-refractivity contribution in [2.75, 3.05) is 13.1 Å². The first-order valence-corrected chi connectivity index (χ1v) is 5.18. The highest BCUT2D eigenvalue weighted by atomic mass is 32.2. The molecule has 1 rings (SSSR count). The highest BCUT2D eigenvalue weighted by molar-refractivity contribution is 7.99. The molecule has 0 aliphatic heterocycles. The van der Waals surface area contributed by atoms with Crippen LogP contribution in [0.5, 0.6) is 0 Å². The fourth-order valence-corrected chi connectivity index (χ4v) is 1.78. The second-order valence-corrected chi connectivity index (χ2v) is 4.20. The smallest absolute Gasteiger partial charge is 0.165 e. The third kappa shape index (κ3) is 4.15. The second kappa shape index (κ2) is 5.83. The van der Waals surface area contributed by atoms with E-state index in [1.54, 1.807) is 18.0 Å². The van der Waals surface area contributed by atoms with Crippen molar-refractivity contribution in [3.8, 4) is 0 Å². The molecule has 0 radical (unpaired) electrons. The van der Waals surface area contributed by atoms with Gasteiger partial charge in [-0.1, -0.05) is 24.8 Å². The van der Waals surface area contributed by atoms with Crippen molar-refractivity contribution in [3.05, 3.63) is 25.0 Å². The molecule has 1 atom stereocenters. The van der Waals surface area contributed by atoms with Crippen LogP contribution >= 0.6 is 11.8 Å². The lowest BCUT2D eigenvalue weighted by Crippen LogP contribution is -2.22. The molecule has 0 aromatic carbocycles. The number of imidazole rings is 1. The zero-order valence-corrected chi connectivity index (χ0v) is 8.60. The molecule has 0 spiro atoms. The molecular formula is C9H15N3S. The van der Waals surface area contributed by atoms with Gasteiger partial charge in [-0.3, -0.25) is 0 Å². The summed E-state index contributed by atoms with van der Waals surface area (Å²) in [5.41, 5.74) is 0. The van der Waals surface area contributed by atoms with E-state index in [0.29, 0.717) is 5.25 Å². The number of aromatic amines is 1. The molecule has 3 nitrogen and oxygen atoms in total. The molecule has 1 aromatic heterocycles. The Bertz CT molecular complexity index is 233. The van der Waals surface area contributed by atoms with Gasteiger partial charge in [0.05, 0.1) is 0 Å². The molecule has 4 heteroatoms. The molecule has 1 heterocycles. The number of thioether (sulfide) groups is 1. The van der Waals surface area contributed by atoms with E-state index in [9.17, 15) is 0 Å². The second-order valence-electron chi connectivity index (χ2n) is 2.77. The minimum atomic E-state index is 0.520. The third-order valence-corrected chi connectivity index (χ3v) is 2.52. The van der Waals surface area contributed by atoms with E-state index in [1.165, 1.54) is 0 Å². The molecule has 72 valence electrons. The van der Waals surface area contributed by atoms with Crippen LogP contribution in [0, 0.1) is 0 Å². The third-order valence-electron chi connectivity index (χ3n) is 1.51. The number of hydrogen-bond acceptors (Lipinski definition) is 3. The van der Waals surface area contributed by atoms with Crippen molar-refractivity contribution < 1.29 is 0 Å². The maximum absolute atomic E-state index is 4.14. The van der Waals surface area contributed by atoms with Gasteiger partial charge in [0, 0.05) is 30.7 Å². The van der Waals surface area contributed by atoms with Gasteiger partial charge in [0.25, 0.3) is 0 Å². The summed E-state index contributed by atoms with van der Waals surface area (Å²) in [5, 5.41) is 4.77. The number of hydrogen-bond donors (Lipinski definition) is 2. The van der Waals surface area contributed by atoms with Gasteiger partial charge in [0.15, 0.2) is 5.16 Å². The lowest BCUT2D eigenvalue weighted by atomic mass is 10.4.